The molecule has 10 heteroatoms. The van der Waals surface area contributed by atoms with Crippen molar-refractivity contribution in [3.8, 4) is 11.3 Å². The van der Waals surface area contributed by atoms with Crippen LogP contribution >= 0.6 is 0 Å². The van der Waals surface area contributed by atoms with E-state index in [-0.39, 0.29) is 0 Å². The Labute approximate surface area is 203 Å². The van der Waals surface area contributed by atoms with Gasteiger partial charge in [-0.05, 0) is 55.8 Å². The van der Waals surface area contributed by atoms with Crippen molar-refractivity contribution in [2.45, 2.75) is 18.9 Å². The van der Waals surface area contributed by atoms with Gasteiger partial charge in [-0.25, -0.2) is 9.97 Å². The number of nitrogens with one attached hydrogen (secondary N) is 5. The first kappa shape index (κ1) is 21.8. The lowest BCUT2D eigenvalue weighted by atomic mass is 10.1. The molecule has 5 N–H and O–H groups in total. The largest absolute Gasteiger partial charge is 0.378 e. The molecule has 2 fully saturated rings. The van der Waals surface area contributed by atoms with E-state index >= 15 is 0 Å². The molecule has 1 aromatic carbocycles. The Balaban J connectivity index is 1.22. The van der Waals surface area contributed by atoms with Gasteiger partial charge >= 0.3 is 11.6 Å². The number of fused-ring (bicyclic) bond motifs is 1. The molecule has 4 aromatic rings. The average Bonchev–Trinajstić information content (AvgIpc) is 3.39. The fraction of sp³-hybridized carbons (Fsp3) is 0.360. The number of aromatic amines is 2. The lowest BCUT2D eigenvalue weighted by molar-refractivity contribution is -0.347. The van der Waals surface area contributed by atoms with Crippen molar-refractivity contribution in [3.05, 3.63) is 48.9 Å². The first-order chi connectivity index (χ1) is 17.3. The number of hydrogen-bond acceptors (Lipinski definition) is 8. The van der Waals surface area contributed by atoms with Gasteiger partial charge in [-0.15, -0.1) is 0 Å². The second kappa shape index (κ2) is 9.85. The molecule has 3 aromatic heterocycles. The first-order valence-electron chi connectivity index (χ1n) is 12.2. The third kappa shape index (κ3) is 4.89. The Morgan fingerprint density at radius 2 is 1.94 bits per heavy atom. The second-order valence-electron chi connectivity index (χ2n) is 8.94. The van der Waals surface area contributed by atoms with E-state index in [0.717, 1.165) is 79.7 Å². The molecule has 0 saturated carbocycles. The first-order valence-corrected chi connectivity index (χ1v) is 12.2. The van der Waals surface area contributed by atoms with E-state index in [4.69, 9.17) is 9.72 Å². The van der Waals surface area contributed by atoms with Crippen LogP contribution in [0.1, 0.15) is 12.8 Å². The van der Waals surface area contributed by atoms with Crippen LogP contribution in [0.25, 0.3) is 22.4 Å². The maximum atomic E-state index is 5.45. The number of morpholine rings is 1. The molecule has 1 unspecified atom stereocenters. The van der Waals surface area contributed by atoms with Crippen molar-refractivity contribution in [1.82, 2.24) is 25.3 Å². The molecule has 0 amide bonds. The van der Waals surface area contributed by atoms with E-state index < -0.39 is 0 Å². The van der Waals surface area contributed by atoms with Gasteiger partial charge in [-0.3, -0.25) is 4.98 Å². The summed E-state index contributed by atoms with van der Waals surface area (Å²) in [5, 5.41) is 10.3. The normalized spacial score (nSPS) is 18.5. The van der Waals surface area contributed by atoms with Crippen molar-refractivity contribution >= 4 is 34.3 Å². The van der Waals surface area contributed by atoms with E-state index in [1.54, 1.807) is 6.33 Å². The zero-order valence-corrected chi connectivity index (χ0v) is 19.6. The molecule has 5 heterocycles. The third-order valence-electron chi connectivity index (χ3n) is 6.52. The zero-order valence-electron chi connectivity index (χ0n) is 19.6. The molecule has 35 heavy (non-hydrogen) atoms. The van der Waals surface area contributed by atoms with Crippen LogP contribution < -0.4 is 25.8 Å². The molecule has 1 atom stereocenters. The maximum absolute atomic E-state index is 5.45. The monoisotopic (exact) mass is 472 g/mol. The summed E-state index contributed by atoms with van der Waals surface area (Å²) in [5.41, 5.74) is 5.42. The number of anilines is 4. The number of aromatic nitrogens is 5. The van der Waals surface area contributed by atoms with Crippen LogP contribution in [0.3, 0.4) is 0 Å². The minimum Gasteiger partial charge on any atom is -0.378 e. The lowest BCUT2D eigenvalue weighted by Crippen LogP contribution is -2.38. The number of imidazole rings is 1. The molecule has 6 rings (SSSR count). The SMILES string of the molecule is c1[nH]c2c(-c3ccc(NC4CCCNC4)nc3)nc(Nc3ccc(N4CCOCC4)cc3)nc2[nH+]1. The van der Waals surface area contributed by atoms with Crippen LogP contribution in [0.2, 0.25) is 0 Å². The van der Waals surface area contributed by atoms with Crippen molar-refractivity contribution in [3.63, 3.8) is 0 Å². The Morgan fingerprint density at radius 1 is 1.06 bits per heavy atom. The van der Waals surface area contributed by atoms with E-state index in [9.17, 15) is 0 Å². The van der Waals surface area contributed by atoms with Crippen LogP contribution in [0.15, 0.2) is 48.9 Å². The quantitative estimate of drug-likeness (QED) is 0.338. The predicted molar refractivity (Wildman–Crippen MR) is 136 cm³/mol. The summed E-state index contributed by atoms with van der Waals surface area (Å²) in [6.07, 6.45) is 5.97. The molecular weight excluding hydrogens is 442 g/mol. The third-order valence-corrected chi connectivity index (χ3v) is 6.52. The predicted octanol–water partition coefficient (Wildman–Crippen LogP) is 2.58. The second-order valence-corrected chi connectivity index (χ2v) is 8.94. The van der Waals surface area contributed by atoms with Crippen LogP contribution in [-0.2, 0) is 4.74 Å². The minimum atomic E-state index is 0.413. The highest BCUT2D eigenvalue weighted by atomic mass is 16.5. The molecule has 0 aliphatic carbocycles. The summed E-state index contributed by atoms with van der Waals surface area (Å²) in [6, 6.07) is 12.8. The van der Waals surface area contributed by atoms with Gasteiger partial charge in [0.05, 0.1) is 13.2 Å². The van der Waals surface area contributed by atoms with Gasteiger partial charge in [-0.1, -0.05) is 4.98 Å². The van der Waals surface area contributed by atoms with Crippen molar-refractivity contribution in [2.75, 3.05) is 54.9 Å². The Bertz CT molecular complexity index is 1260. The summed E-state index contributed by atoms with van der Waals surface area (Å²) in [7, 11) is 0. The average molecular weight is 473 g/mol. The number of ether oxygens (including phenoxy) is 1. The lowest BCUT2D eigenvalue weighted by Gasteiger charge is -2.28. The van der Waals surface area contributed by atoms with Gasteiger partial charge < -0.3 is 25.6 Å². The van der Waals surface area contributed by atoms with Gasteiger partial charge in [0.15, 0.2) is 11.8 Å². The van der Waals surface area contributed by atoms with Crippen LogP contribution in [0, 0.1) is 0 Å². The summed E-state index contributed by atoms with van der Waals surface area (Å²) in [6.45, 7) is 5.44. The zero-order chi connectivity index (χ0) is 23.5. The molecular formula is C25H30N9O+. The topological polar surface area (TPSA) is 117 Å². The van der Waals surface area contributed by atoms with Gasteiger partial charge in [0.25, 0.3) is 0 Å². The van der Waals surface area contributed by atoms with E-state index in [2.05, 4.69) is 71.1 Å². The molecule has 2 saturated heterocycles. The highest BCUT2D eigenvalue weighted by Crippen LogP contribution is 2.27. The van der Waals surface area contributed by atoms with Gasteiger partial charge in [0.1, 0.15) is 11.5 Å². The fourth-order valence-corrected chi connectivity index (χ4v) is 4.65. The molecule has 10 nitrogen and oxygen atoms in total. The fourth-order valence-electron chi connectivity index (χ4n) is 4.65. The number of pyridine rings is 1. The standard InChI is InChI=1S/C25H29N9O/c1-2-19(15-26-9-1)30-21-8-3-17(14-27-21)22-23-24(29-16-28-23)33-25(32-22)31-18-4-6-20(7-5-18)34-10-12-35-13-11-34/h3-8,14,16,19,26H,1-2,9-13,15H2,(H,27,30)(H2,28,29,31,32,33)/p+1. The summed E-state index contributed by atoms with van der Waals surface area (Å²) in [4.78, 5) is 22.9. The van der Waals surface area contributed by atoms with Gasteiger partial charge in [0.2, 0.25) is 0 Å². The summed E-state index contributed by atoms with van der Waals surface area (Å²) in [5.74, 6) is 1.41. The van der Waals surface area contributed by atoms with E-state index in [0.29, 0.717) is 12.0 Å². The van der Waals surface area contributed by atoms with E-state index in [1.165, 1.54) is 12.1 Å². The Kier molecular flexibility index (Phi) is 6.12. The van der Waals surface area contributed by atoms with Crippen molar-refractivity contribution in [1.29, 1.82) is 0 Å². The molecule has 0 bridgehead atoms. The number of H-pyrrole nitrogens is 2. The summed E-state index contributed by atoms with van der Waals surface area (Å²) < 4.78 is 5.45. The maximum Gasteiger partial charge on any atom is 0.305 e. The molecule has 180 valence electrons. The highest BCUT2D eigenvalue weighted by molar-refractivity contribution is 5.86. The Morgan fingerprint density at radius 3 is 2.71 bits per heavy atom. The minimum absolute atomic E-state index is 0.413. The number of rotatable bonds is 6. The van der Waals surface area contributed by atoms with Crippen LogP contribution in [-0.4, -0.2) is 65.4 Å². The van der Waals surface area contributed by atoms with E-state index in [1.807, 2.05) is 12.3 Å². The smallest absolute Gasteiger partial charge is 0.305 e. The summed E-state index contributed by atoms with van der Waals surface area (Å²) >= 11 is 0. The number of piperidine rings is 1. The molecule has 2 aliphatic rings. The molecule has 2 aliphatic heterocycles. The number of benzene rings is 1. The van der Waals surface area contributed by atoms with Crippen molar-refractivity contribution < 1.29 is 9.72 Å². The van der Waals surface area contributed by atoms with Crippen LogP contribution in [0.4, 0.5) is 23.1 Å². The highest BCUT2D eigenvalue weighted by Gasteiger charge is 2.19. The van der Waals surface area contributed by atoms with Crippen LogP contribution in [0.5, 0.6) is 0 Å². The molecule has 0 spiro atoms. The van der Waals surface area contributed by atoms with Gasteiger partial charge in [-0.2, -0.15) is 4.98 Å². The number of nitrogens with zero attached hydrogens (tertiary/aromatic N) is 4. The Hall–Kier alpha value is -3.76. The van der Waals surface area contributed by atoms with Crippen molar-refractivity contribution in [2.24, 2.45) is 0 Å². The van der Waals surface area contributed by atoms with Gasteiger partial charge in [0, 0.05) is 48.8 Å². The molecule has 0 radical (unpaired) electrons. The number of hydrogen-bond donors (Lipinski definition) is 4.